The van der Waals surface area contributed by atoms with Crippen LogP contribution >= 0.6 is 0 Å². The molecule has 1 saturated heterocycles. The number of esters is 1. The maximum absolute atomic E-state index is 12.9. The van der Waals surface area contributed by atoms with E-state index in [1.165, 1.54) is 0 Å². The number of aliphatic hydroxyl groups excluding tert-OH is 1. The maximum Gasteiger partial charge on any atom is 0.338 e. The molecule has 0 spiro atoms. The molecule has 3 aromatic rings. The third-order valence-electron chi connectivity index (χ3n) is 6.41. The number of rotatable bonds is 4. The summed E-state index contributed by atoms with van der Waals surface area (Å²) in [5.74, 6) is -0.341. The van der Waals surface area contributed by atoms with Crippen molar-refractivity contribution in [1.82, 2.24) is 4.90 Å². The van der Waals surface area contributed by atoms with Gasteiger partial charge in [0.05, 0.1) is 24.8 Å². The zero-order valence-corrected chi connectivity index (χ0v) is 18.2. The molecule has 1 atom stereocenters. The van der Waals surface area contributed by atoms with Crippen LogP contribution in [0, 0.1) is 13.5 Å². The van der Waals surface area contributed by atoms with Gasteiger partial charge in [-0.1, -0.05) is 18.2 Å². The molecule has 0 radical (unpaired) electrons. The van der Waals surface area contributed by atoms with Gasteiger partial charge in [-0.2, -0.15) is 0 Å². The molecule has 1 unspecified atom stereocenters. The lowest BCUT2D eigenvalue weighted by Gasteiger charge is -2.35. The Balaban J connectivity index is 1.27. The highest BCUT2D eigenvalue weighted by atomic mass is 16.5. The molecule has 1 amide bonds. The number of ether oxygens (including phenoxy) is 1. The molecule has 7 nitrogen and oxygen atoms in total. The van der Waals surface area contributed by atoms with Crippen molar-refractivity contribution >= 4 is 34.0 Å². The van der Waals surface area contributed by atoms with E-state index in [1.54, 1.807) is 17.0 Å². The predicted octanol–water partition coefficient (Wildman–Crippen LogP) is 3.75. The highest BCUT2D eigenvalue weighted by Gasteiger charge is 2.29. The highest BCUT2D eigenvalue weighted by molar-refractivity contribution is 5.98. The summed E-state index contributed by atoms with van der Waals surface area (Å²) in [6.45, 7) is 11.0. The number of nitrogens with zero attached hydrogens (tertiary/aromatic N) is 3. The number of carbonyl (C=O) groups excluding carboxylic acids is 2. The summed E-state index contributed by atoms with van der Waals surface area (Å²) in [6, 6.07) is 15.0. The Morgan fingerprint density at radius 3 is 2.67 bits per heavy atom. The van der Waals surface area contributed by atoms with Gasteiger partial charge in [0.15, 0.2) is 5.69 Å². The molecule has 0 bridgehead atoms. The van der Waals surface area contributed by atoms with Gasteiger partial charge < -0.3 is 14.7 Å². The molecule has 1 fully saturated rings. The predicted molar refractivity (Wildman–Crippen MR) is 124 cm³/mol. The molecule has 5 rings (SSSR count). The number of piperazine rings is 1. The number of cyclic esters (lactones) is 1. The van der Waals surface area contributed by atoms with Crippen LogP contribution < -0.4 is 4.90 Å². The number of fused-ring (bicyclic) bond motifs is 2. The number of benzene rings is 3. The molecule has 1 N–H and O–H groups in total. The smallest absolute Gasteiger partial charge is 0.338 e. The summed E-state index contributed by atoms with van der Waals surface area (Å²) < 4.78 is 5.08. The summed E-state index contributed by atoms with van der Waals surface area (Å²) in [6.07, 6.45) is -0.761. The molecular formula is C26H23N3O4. The lowest BCUT2D eigenvalue weighted by atomic mass is 9.96. The van der Waals surface area contributed by atoms with Gasteiger partial charge in [-0.05, 0) is 59.2 Å². The van der Waals surface area contributed by atoms with Gasteiger partial charge >= 0.3 is 5.97 Å². The van der Waals surface area contributed by atoms with Crippen LogP contribution in [0.5, 0.6) is 0 Å². The minimum Gasteiger partial charge on any atom is -0.457 e. The summed E-state index contributed by atoms with van der Waals surface area (Å²) in [4.78, 5) is 31.9. The van der Waals surface area contributed by atoms with E-state index in [9.17, 15) is 14.7 Å². The van der Waals surface area contributed by atoms with Gasteiger partial charge in [0, 0.05) is 30.9 Å². The molecule has 33 heavy (non-hydrogen) atoms. The van der Waals surface area contributed by atoms with Gasteiger partial charge in [-0.15, -0.1) is 0 Å². The monoisotopic (exact) mass is 441 g/mol. The van der Waals surface area contributed by atoms with Gasteiger partial charge in [-0.3, -0.25) is 9.69 Å². The molecular weight excluding hydrogens is 418 g/mol. The number of β-amino-alcohol motifs (C(OH)–C–C–N with tert-alkyl or cyclic N) is 1. The Morgan fingerprint density at radius 1 is 1.09 bits per heavy atom. The van der Waals surface area contributed by atoms with Crippen molar-refractivity contribution in [3.8, 4) is 0 Å². The first-order valence-electron chi connectivity index (χ1n) is 10.9. The zero-order chi connectivity index (χ0) is 23.1. The molecule has 0 aromatic heterocycles. The van der Waals surface area contributed by atoms with Crippen molar-refractivity contribution in [3.05, 3.63) is 82.2 Å². The van der Waals surface area contributed by atoms with Crippen LogP contribution in [-0.4, -0.2) is 48.1 Å². The Morgan fingerprint density at radius 2 is 1.88 bits per heavy atom. The third-order valence-corrected chi connectivity index (χ3v) is 6.41. The number of aryl methyl sites for hydroxylation is 1. The fraction of sp³-hybridized carbons (Fsp3) is 0.269. The molecule has 0 saturated carbocycles. The van der Waals surface area contributed by atoms with E-state index in [4.69, 9.17) is 11.3 Å². The van der Waals surface area contributed by atoms with Crippen LogP contribution in [0.1, 0.15) is 33.2 Å². The first-order valence-corrected chi connectivity index (χ1v) is 10.9. The van der Waals surface area contributed by atoms with E-state index in [1.807, 2.05) is 48.2 Å². The Bertz CT molecular complexity index is 1330. The van der Waals surface area contributed by atoms with Gasteiger partial charge in [0.1, 0.15) is 6.61 Å². The van der Waals surface area contributed by atoms with Crippen LogP contribution in [0.2, 0.25) is 0 Å². The molecule has 2 heterocycles. The van der Waals surface area contributed by atoms with E-state index >= 15 is 0 Å². The number of amides is 1. The fourth-order valence-corrected chi connectivity index (χ4v) is 4.61. The largest absolute Gasteiger partial charge is 0.457 e. The second-order valence-electron chi connectivity index (χ2n) is 8.57. The number of aliphatic hydroxyl groups is 1. The van der Waals surface area contributed by atoms with Crippen molar-refractivity contribution in [2.24, 2.45) is 0 Å². The van der Waals surface area contributed by atoms with E-state index in [2.05, 4.69) is 4.85 Å². The van der Waals surface area contributed by atoms with E-state index in [-0.39, 0.29) is 25.0 Å². The average Bonchev–Trinajstić information content (AvgIpc) is 3.17. The van der Waals surface area contributed by atoms with E-state index < -0.39 is 6.10 Å². The van der Waals surface area contributed by atoms with E-state index in [0.717, 1.165) is 33.2 Å². The minimum absolute atomic E-state index is 0.0183. The Kier molecular flexibility index (Phi) is 5.33. The van der Waals surface area contributed by atoms with Gasteiger partial charge in [-0.25, -0.2) is 9.64 Å². The Hall–Kier alpha value is -3.73. The maximum atomic E-state index is 12.9. The van der Waals surface area contributed by atoms with Crippen molar-refractivity contribution in [3.63, 3.8) is 0 Å². The second-order valence-corrected chi connectivity index (χ2v) is 8.57. The highest BCUT2D eigenvalue weighted by Crippen LogP contribution is 2.29. The zero-order valence-electron chi connectivity index (χ0n) is 18.2. The summed E-state index contributed by atoms with van der Waals surface area (Å²) >= 11 is 0. The number of anilines is 1. The SMILES string of the molecule is [C-]#[N+]c1ccc2cc(N3CCN(CC(O)c4cc5c(cc4C)C(=O)OC5)CC3=O)ccc2c1. The van der Waals surface area contributed by atoms with Crippen LogP contribution in [0.4, 0.5) is 11.4 Å². The van der Waals surface area contributed by atoms with Crippen LogP contribution in [0.15, 0.2) is 48.5 Å². The van der Waals surface area contributed by atoms with Crippen molar-refractivity contribution in [2.75, 3.05) is 31.1 Å². The number of hydrogen-bond acceptors (Lipinski definition) is 5. The molecule has 3 aromatic carbocycles. The number of carbonyl (C=O) groups is 2. The van der Waals surface area contributed by atoms with Gasteiger partial charge in [0.25, 0.3) is 0 Å². The van der Waals surface area contributed by atoms with Crippen LogP contribution in [-0.2, 0) is 16.1 Å². The molecule has 7 heteroatoms. The standard InChI is InChI=1S/C26H23N3O4/c1-16-9-23-19(15-33-26(23)32)12-22(16)24(30)13-28-7-8-29(25(31)14-28)21-6-4-17-10-20(27-2)5-3-18(17)11-21/h3-6,9-12,24,30H,7-8,13-15H2,1H3. The van der Waals surface area contributed by atoms with Crippen molar-refractivity contribution in [2.45, 2.75) is 19.6 Å². The quantitative estimate of drug-likeness (QED) is 0.493. The van der Waals surface area contributed by atoms with Crippen molar-refractivity contribution in [1.29, 1.82) is 0 Å². The summed E-state index contributed by atoms with van der Waals surface area (Å²) in [7, 11) is 0. The van der Waals surface area contributed by atoms with Crippen LogP contribution in [0.25, 0.3) is 15.6 Å². The normalized spacial score (nSPS) is 17.1. The molecule has 0 aliphatic carbocycles. The fourth-order valence-electron chi connectivity index (χ4n) is 4.61. The molecule has 166 valence electrons. The third kappa shape index (κ3) is 3.95. The lowest BCUT2D eigenvalue weighted by molar-refractivity contribution is -0.121. The van der Waals surface area contributed by atoms with Crippen LogP contribution in [0.3, 0.4) is 0 Å². The Labute approximate surface area is 191 Å². The second kappa shape index (κ2) is 8.32. The molecule has 2 aliphatic heterocycles. The first kappa shape index (κ1) is 21.1. The summed E-state index contributed by atoms with van der Waals surface area (Å²) in [5.41, 5.74) is 4.38. The summed E-state index contributed by atoms with van der Waals surface area (Å²) in [5, 5.41) is 12.8. The first-order chi connectivity index (χ1) is 15.9. The van der Waals surface area contributed by atoms with Gasteiger partial charge in [0.2, 0.25) is 5.91 Å². The van der Waals surface area contributed by atoms with E-state index in [0.29, 0.717) is 30.9 Å². The number of hydrogen-bond donors (Lipinski definition) is 1. The lowest BCUT2D eigenvalue weighted by Crippen LogP contribution is -2.51. The molecule has 2 aliphatic rings. The minimum atomic E-state index is -0.761. The topological polar surface area (TPSA) is 74.4 Å². The van der Waals surface area contributed by atoms with Crippen molar-refractivity contribution < 1.29 is 19.4 Å². The average molecular weight is 441 g/mol.